The SMILES string of the molecule is CCCN(c1nc(-c2ccc(Cl)cc2Cl)c(C)s1)C(c1ccccn1)C1CC1. The van der Waals surface area contributed by atoms with E-state index in [1.165, 1.54) is 12.8 Å². The van der Waals surface area contributed by atoms with Crippen LogP contribution in [0.5, 0.6) is 0 Å². The van der Waals surface area contributed by atoms with Crippen molar-refractivity contribution >= 4 is 39.7 Å². The molecular weight excluding hydrogens is 409 g/mol. The highest BCUT2D eigenvalue weighted by molar-refractivity contribution is 7.16. The zero-order valence-electron chi connectivity index (χ0n) is 16.0. The van der Waals surface area contributed by atoms with Crippen molar-refractivity contribution in [2.24, 2.45) is 5.92 Å². The summed E-state index contributed by atoms with van der Waals surface area (Å²) >= 11 is 14.3. The maximum atomic E-state index is 6.46. The zero-order valence-corrected chi connectivity index (χ0v) is 18.4. The number of aryl methyl sites for hydroxylation is 1. The van der Waals surface area contributed by atoms with E-state index in [0.29, 0.717) is 16.0 Å². The van der Waals surface area contributed by atoms with Gasteiger partial charge in [-0.1, -0.05) is 36.2 Å². The minimum absolute atomic E-state index is 0.278. The lowest BCUT2D eigenvalue weighted by molar-refractivity contribution is 0.539. The molecule has 0 bridgehead atoms. The second-order valence-corrected chi connectivity index (χ2v) is 9.28. The predicted molar refractivity (Wildman–Crippen MR) is 120 cm³/mol. The Hall–Kier alpha value is -1.62. The van der Waals surface area contributed by atoms with Gasteiger partial charge < -0.3 is 4.90 Å². The Bertz CT molecular complexity index is 954. The number of halogens is 2. The van der Waals surface area contributed by atoms with Gasteiger partial charge in [0.25, 0.3) is 0 Å². The van der Waals surface area contributed by atoms with Crippen LogP contribution in [0.15, 0.2) is 42.6 Å². The molecule has 4 rings (SSSR count). The van der Waals surface area contributed by atoms with Crippen molar-refractivity contribution in [1.29, 1.82) is 0 Å². The molecule has 6 heteroatoms. The summed E-state index contributed by atoms with van der Waals surface area (Å²) in [5.41, 5.74) is 3.01. The number of benzene rings is 1. The molecule has 1 aromatic carbocycles. The van der Waals surface area contributed by atoms with E-state index < -0.39 is 0 Å². The third-order valence-electron chi connectivity index (χ3n) is 5.08. The molecule has 0 N–H and O–H groups in total. The number of anilines is 1. The highest BCUT2D eigenvalue weighted by Crippen LogP contribution is 2.47. The van der Waals surface area contributed by atoms with E-state index >= 15 is 0 Å². The molecule has 1 atom stereocenters. The Balaban J connectivity index is 1.74. The maximum absolute atomic E-state index is 6.46. The molecule has 3 nitrogen and oxygen atoms in total. The third-order valence-corrected chi connectivity index (χ3v) is 6.63. The number of aromatic nitrogens is 2. The van der Waals surface area contributed by atoms with Crippen molar-refractivity contribution < 1.29 is 0 Å². The molecule has 3 aromatic rings. The minimum Gasteiger partial charge on any atom is -0.339 e. The fraction of sp³-hybridized carbons (Fsp3) is 0.364. The van der Waals surface area contributed by atoms with Gasteiger partial charge in [-0.15, -0.1) is 11.3 Å². The summed E-state index contributed by atoms with van der Waals surface area (Å²) in [5.74, 6) is 0.647. The Morgan fingerprint density at radius 3 is 2.68 bits per heavy atom. The van der Waals surface area contributed by atoms with Gasteiger partial charge in [0.2, 0.25) is 0 Å². The largest absolute Gasteiger partial charge is 0.339 e. The monoisotopic (exact) mass is 431 g/mol. The van der Waals surface area contributed by atoms with Crippen LogP contribution in [0.2, 0.25) is 10.0 Å². The minimum atomic E-state index is 0.278. The molecule has 2 aromatic heterocycles. The Kier molecular flexibility index (Phi) is 5.91. The zero-order chi connectivity index (χ0) is 19.7. The first kappa shape index (κ1) is 19.7. The van der Waals surface area contributed by atoms with E-state index in [-0.39, 0.29) is 6.04 Å². The quantitative estimate of drug-likeness (QED) is 0.396. The van der Waals surface area contributed by atoms with Crippen LogP contribution in [0.3, 0.4) is 0 Å². The standard InChI is InChI=1S/C22H23Cl2N3S/c1-3-12-27(21(15-7-8-15)19-6-4-5-11-25-19)22-26-20(14(2)28-22)17-10-9-16(23)13-18(17)24/h4-6,9-11,13,15,21H,3,7-8,12H2,1-2H3. The molecule has 1 aliphatic rings. The number of nitrogens with zero attached hydrogens (tertiary/aromatic N) is 3. The van der Waals surface area contributed by atoms with Crippen molar-refractivity contribution in [3.63, 3.8) is 0 Å². The topological polar surface area (TPSA) is 29.0 Å². The second-order valence-electron chi connectivity index (χ2n) is 7.26. The smallest absolute Gasteiger partial charge is 0.186 e. The molecule has 146 valence electrons. The Morgan fingerprint density at radius 2 is 2.04 bits per heavy atom. The molecular formula is C22H23Cl2N3S. The van der Waals surface area contributed by atoms with Crippen molar-refractivity contribution in [2.75, 3.05) is 11.4 Å². The highest BCUT2D eigenvalue weighted by atomic mass is 35.5. The molecule has 0 radical (unpaired) electrons. The summed E-state index contributed by atoms with van der Waals surface area (Å²) in [6.45, 7) is 5.28. The van der Waals surface area contributed by atoms with Gasteiger partial charge in [0.15, 0.2) is 5.13 Å². The molecule has 0 aliphatic heterocycles. The number of pyridine rings is 1. The van der Waals surface area contributed by atoms with Gasteiger partial charge in [-0.05, 0) is 62.4 Å². The van der Waals surface area contributed by atoms with E-state index in [2.05, 4.69) is 35.9 Å². The lowest BCUT2D eigenvalue weighted by Crippen LogP contribution is -2.31. The maximum Gasteiger partial charge on any atom is 0.186 e. The van der Waals surface area contributed by atoms with E-state index in [4.69, 9.17) is 28.2 Å². The van der Waals surface area contributed by atoms with Crippen LogP contribution in [0.4, 0.5) is 5.13 Å². The second kappa shape index (κ2) is 8.40. The van der Waals surface area contributed by atoms with Crippen LogP contribution in [-0.4, -0.2) is 16.5 Å². The van der Waals surface area contributed by atoms with Crippen LogP contribution in [-0.2, 0) is 0 Å². The Labute approximate surface area is 180 Å². The molecule has 1 aliphatic carbocycles. The lowest BCUT2D eigenvalue weighted by atomic mass is 10.1. The van der Waals surface area contributed by atoms with Crippen LogP contribution in [0.25, 0.3) is 11.3 Å². The first-order valence-corrected chi connectivity index (χ1v) is 11.3. The van der Waals surface area contributed by atoms with Gasteiger partial charge in [-0.3, -0.25) is 4.98 Å². The number of rotatable bonds is 7. The summed E-state index contributed by atoms with van der Waals surface area (Å²) in [4.78, 5) is 13.3. The fourth-order valence-electron chi connectivity index (χ4n) is 3.65. The van der Waals surface area contributed by atoms with Gasteiger partial charge in [-0.2, -0.15) is 0 Å². The molecule has 0 saturated heterocycles. The summed E-state index contributed by atoms with van der Waals surface area (Å²) in [6.07, 6.45) is 5.45. The number of hydrogen-bond acceptors (Lipinski definition) is 4. The summed E-state index contributed by atoms with van der Waals surface area (Å²) in [6, 6.07) is 12.1. The summed E-state index contributed by atoms with van der Waals surface area (Å²) in [5, 5.41) is 2.32. The van der Waals surface area contributed by atoms with E-state index in [1.807, 2.05) is 24.4 Å². The van der Waals surface area contributed by atoms with Crippen LogP contribution in [0, 0.1) is 12.8 Å². The molecule has 1 unspecified atom stereocenters. The predicted octanol–water partition coefficient (Wildman–Crippen LogP) is 7.19. The number of hydrogen-bond donors (Lipinski definition) is 0. The molecule has 1 fully saturated rings. The molecule has 0 spiro atoms. The van der Waals surface area contributed by atoms with Crippen molar-refractivity contribution in [3.8, 4) is 11.3 Å². The van der Waals surface area contributed by atoms with Gasteiger partial charge in [0.05, 0.1) is 22.5 Å². The van der Waals surface area contributed by atoms with Crippen LogP contribution >= 0.6 is 34.5 Å². The molecule has 1 saturated carbocycles. The van der Waals surface area contributed by atoms with Crippen molar-refractivity contribution in [1.82, 2.24) is 9.97 Å². The molecule has 0 amide bonds. The van der Waals surface area contributed by atoms with Crippen LogP contribution < -0.4 is 4.90 Å². The normalized spacial score (nSPS) is 14.9. The molecule has 28 heavy (non-hydrogen) atoms. The first-order chi connectivity index (χ1) is 13.6. The van der Waals surface area contributed by atoms with E-state index in [9.17, 15) is 0 Å². The van der Waals surface area contributed by atoms with E-state index in [0.717, 1.165) is 39.9 Å². The summed E-state index contributed by atoms with van der Waals surface area (Å²) < 4.78 is 0. The first-order valence-electron chi connectivity index (χ1n) is 9.69. The average Bonchev–Trinajstić information content (AvgIpc) is 3.44. The van der Waals surface area contributed by atoms with Gasteiger partial charge in [-0.25, -0.2) is 4.98 Å². The fourth-order valence-corrected chi connectivity index (χ4v) is 5.13. The van der Waals surface area contributed by atoms with Crippen molar-refractivity contribution in [3.05, 3.63) is 63.2 Å². The molecule has 2 heterocycles. The van der Waals surface area contributed by atoms with Gasteiger partial charge in [0.1, 0.15) is 0 Å². The third kappa shape index (κ3) is 4.05. The van der Waals surface area contributed by atoms with Gasteiger partial charge >= 0.3 is 0 Å². The van der Waals surface area contributed by atoms with Gasteiger partial charge in [0, 0.05) is 28.2 Å². The lowest BCUT2D eigenvalue weighted by Gasteiger charge is -2.31. The van der Waals surface area contributed by atoms with Crippen molar-refractivity contribution in [2.45, 2.75) is 39.2 Å². The number of thiazole rings is 1. The van der Waals surface area contributed by atoms with Crippen LogP contribution in [0.1, 0.15) is 42.8 Å². The summed E-state index contributed by atoms with van der Waals surface area (Å²) in [7, 11) is 0. The average molecular weight is 432 g/mol. The highest BCUT2D eigenvalue weighted by Gasteiger charge is 2.38. The Morgan fingerprint density at radius 1 is 1.21 bits per heavy atom. The van der Waals surface area contributed by atoms with E-state index in [1.54, 1.807) is 17.4 Å².